The molecule has 0 atom stereocenters. The number of hydrogen-bond donors (Lipinski definition) is 0. The van der Waals surface area contributed by atoms with E-state index in [1.807, 2.05) is 13.8 Å². The Balaban J connectivity index is 0.00000225. The summed E-state index contributed by atoms with van der Waals surface area (Å²) >= 11 is 0. The third-order valence-corrected chi connectivity index (χ3v) is 1.96. The van der Waals surface area contributed by atoms with E-state index in [2.05, 4.69) is 4.98 Å². The summed E-state index contributed by atoms with van der Waals surface area (Å²) in [4.78, 5) is 3.85. The van der Waals surface area contributed by atoms with Crippen LogP contribution in [0, 0.1) is 0 Å². The Bertz CT molecular complexity index is 363. The van der Waals surface area contributed by atoms with Gasteiger partial charge in [0.25, 0.3) is 0 Å². The molecule has 0 fully saturated rings. The Hall–Kier alpha value is 0.381. The van der Waals surface area contributed by atoms with Gasteiger partial charge in [-0.05, 0) is 23.6 Å². The maximum Gasteiger partial charge on any atom is 1.00 e. The molecular formula is C10H12BF3KN. The fourth-order valence-corrected chi connectivity index (χ4v) is 1.12. The molecule has 0 saturated carbocycles. The van der Waals surface area contributed by atoms with Crippen molar-refractivity contribution >= 4 is 13.1 Å². The second kappa shape index (κ2) is 6.96. The van der Waals surface area contributed by atoms with Gasteiger partial charge in [-0.15, -0.1) is 5.98 Å². The summed E-state index contributed by atoms with van der Waals surface area (Å²) in [5, 5.41) is 0. The largest absolute Gasteiger partial charge is 1.00 e. The average molecular weight is 253 g/mol. The van der Waals surface area contributed by atoms with Gasteiger partial charge in [0.05, 0.1) is 5.69 Å². The molecule has 6 heteroatoms. The van der Waals surface area contributed by atoms with Crippen LogP contribution in [0.2, 0.25) is 0 Å². The molecule has 0 aromatic carbocycles. The zero-order chi connectivity index (χ0) is 11.5. The Morgan fingerprint density at radius 2 is 1.94 bits per heavy atom. The minimum atomic E-state index is -4.88. The van der Waals surface area contributed by atoms with Crippen molar-refractivity contribution in [3.05, 3.63) is 35.6 Å². The molecular weight excluding hydrogens is 241 g/mol. The first-order valence-corrected chi connectivity index (χ1v) is 4.73. The molecule has 1 heterocycles. The molecule has 1 aromatic rings. The summed E-state index contributed by atoms with van der Waals surface area (Å²) in [7, 11) is 0. The van der Waals surface area contributed by atoms with Crippen LogP contribution in [0.25, 0.3) is 6.08 Å². The van der Waals surface area contributed by atoms with Gasteiger partial charge in [-0.1, -0.05) is 19.9 Å². The second-order valence-electron chi connectivity index (χ2n) is 3.65. The predicted octanol–water partition coefficient (Wildman–Crippen LogP) is 0.609. The molecule has 0 aliphatic carbocycles. The fraction of sp³-hybridized carbons (Fsp3) is 0.300. The van der Waals surface area contributed by atoms with E-state index in [-0.39, 0.29) is 63.3 Å². The summed E-state index contributed by atoms with van der Waals surface area (Å²) in [6, 6.07) is 3.48. The normalized spacial score (nSPS) is 11.9. The van der Waals surface area contributed by atoms with Crippen molar-refractivity contribution < 1.29 is 64.3 Å². The van der Waals surface area contributed by atoms with Gasteiger partial charge in [0.1, 0.15) is 0 Å². The van der Waals surface area contributed by atoms with Crippen molar-refractivity contribution in [2.45, 2.75) is 19.8 Å². The molecule has 0 saturated heterocycles. The van der Waals surface area contributed by atoms with Crippen LogP contribution in [0.1, 0.15) is 31.0 Å². The van der Waals surface area contributed by atoms with Crippen molar-refractivity contribution in [1.82, 2.24) is 4.98 Å². The van der Waals surface area contributed by atoms with Crippen LogP contribution in [0.4, 0.5) is 12.9 Å². The van der Waals surface area contributed by atoms with Crippen LogP contribution in [0.15, 0.2) is 24.3 Å². The van der Waals surface area contributed by atoms with Crippen molar-refractivity contribution in [1.29, 1.82) is 0 Å². The zero-order valence-corrected chi connectivity index (χ0v) is 12.7. The van der Waals surface area contributed by atoms with E-state index in [1.165, 1.54) is 6.20 Å². The zero-order valence-electron chi connectivity index (χ0n) is 9.62. The Morgan fingerprint density at radius 1 is 1.31 bits per heavy atom. The predicted molar refractivity (Wildman–Crippen MR) is 56.4 cm³/mol. The molecule has 82 valence electrons. The molecule has 0 spiro atoms. The van der Waals surface area contributed by atoms with Crippen LogP contribution < -0.4 is 51.4 Å². The molecule has 16 heavy (non-hydrogen) atoms. The monoisotopic (exact) mass is 253 g/mol. The molecule has 0 aliphatic rings. The average Bonchev–Trinajstić information content (AvgIpc) is 2.14. The Morgan fingerprint density at radius 3 is 2.44 bits per heavy atom. The number of rotatable bonds is 3. The summed E-state index contributed by atoms with van der Waals surface area (Å²) in [6.45, 7) is -0.912. The van der Waals surface area contributed by atoms with E-state index in [4.69, 9.17) is 0 Å². The van der Waals surface area contributed by atoms with Crippen molar-refractivity contribution in [2.75, 3.05) is 0 Å². The maximum atomic E-state index is 11.9. The molecule has 0 amide bonds. The van der Waals surface area contributed by atoms with Gasteiger partial charge >= 0.3 is 58.4 Å². The van der Waals surface area contributed by atoms with E-state index in [0.717, 1.165) is 11.6 Å². The second-order valence-corrected chi connectivity index (χ2v) is 3.65. The number of halogens is 3. The first-order chi connectivity index (χ1) is 6.88. The SMILES string of the molecule is CC(C)c1ccnc(/C=C/[B-](F)(F)F)c1.[K+]. The van der Waals surface area contributed by atoms with Crippen molar-refractivity contribution in [3.8, 4) is 0 Å². The van der Waals surface area contributed by atoms with E-state index < -0.39 is 6.98 Å². The van der Waals surface area contributed by atoms with Gasteiger partial charge in [-0.2, -0.15) is 0 Å². The van der Waals surface area contributed by atoms with Gasteiger partial charge in [0, 0.05) is 6.20 Å². The number of hydrogen-bond acceptors (Lipinski definition) is 1. The Kier molecular flexibility index (Phi) is 7.12. The van der Waals surface area contributed by atoms with Crippen molar-refractivity contribution in [2.24, 2.45) is 0 Å². The van der Waals surface area contributed by atoms with E-state index >= 15 is 0 Å². The summed E-state index contributed by atoms with van der Waals surface area (Å²) in [5.41, 5.74) is 1.33. The third-order valence-electron chi connectivity index (χ3n) is 1.96. The minimum absolute atomic E-state index is 0. The number of pyridine rings is 1. The van der Waals surface area contributed by atoms with Crippen molar-refractivity contribution in [3.63, 3.8) is 0 Å². The van der Waals surface area contributed by atoms with Crippen LogP contribution in [0.5, 0.6) is 0 Å². The van der Waals surface area contributed by atoms with Crippen LogP contribution in [-0.2, 0) is 0 Å². The van der Waals surface area contributed by atoms with E-state index in [0.29, 0.717) is 5.69 Å². The smallest absolute Gasteiger partial charge is 0.445 e. The quantitative estimate of drug-likeness (QED) is 0.719. The molecule has 0 bridgehead atoms. The molecule has 1 nitrogen and oxygen atoms in total. The first kappa shape index (κ1) is 16.4. The topological polar surface area (TPSA) is 12.9 Å². The van der Waals surface area contributed by atoms with Gasteiger partial charge in [0.15, 0.2) is 0 Å². The van der Waals surface area contributed by atoms with Gasteiger partial charge in [-0.3, -0.25) is 4.98 Å². The van der Waals surface area contributed by atoms with Crippen LogP contribution in [0.3, 0.4) is 0 Å². The van der Waals surface area contributed by atoms with Crippen LogP contribution >= 0.6 is 0 Å². The van der Waals surface area contributed by atoms with Gasteiger partial charge in [-0.25, -0.2) is 0 Å². The van der Waals surface area contributed by atoms with E-state index in [1.54, 1.807) is 12.1 Å². The summed E-state index contributed by atoms with van der Waals surface area (Å²) in [6.07, 6.45) is 2.53. The van der Waals surface area contributed by atoms with Gasteiger partial charge in [0.2, 0.25) is 0 Å². The number of aromatic nitrogens is 1. The molecule has 0 unspecified atom stereocenters. The molecule has 0 radical (unpaired) electrons. The third kappa shape index (κ3) is 6.20. The molecule has 1 aromatic heterocycles. The summed E-state index contributed by atoms with van der Waals surface area (Å²) in [5.74, 6) is 0.545. The molecule has 0 aliphatic heterocycles. The summed E-state index contributed by atoms with van der Waals surface area (Å²) < 4.78 is 35.8. The van der Waals surface area contributed by atoms with E-state index in [9.17, 15) is 12.9 Å². The standard InChI is InChI=1S/C10H12BF3N.K/c1-8(2)9-4-6-15-10(7-9)3-5-11(12,13)14;/h3-8H,1-2H3;/q-1;+1/b5-3+;. The maximum absolute atomic E-state index is 11.9. The Labute approximate surface area is 136 Å². The fourth-order valence-electron chi connectivity index (χ4n) is 1.12. The van der Waals surface area contributed by atoms with Crippen LogP contribution in [-0.4, -0.2) is 12.0 Å². The minimum Gasteiger partial charge on any atom is -0.445 e. The molecule has 1 rings (SSSR count). The first-order valence-electron chi connectivity index (χ1n) is 4.73. The molecule has 0 N–H and O–H groups in total. The van der Waals surface area contributed by atoms with Gasteiger partial charge < -0.3 is 12.9 Å². The number of nitrogens with zero attached hydrogens (tertiary/aromatic N) is 1.